The molecule has 4 aromatic carbocycles. The molecule has 0 fully saturated rings. The van der Waals surface area contributed by atoms with Crippen LogP contribution in [0.15, 0.2) is 102 Å². The zero-order chi connectivity index (χ0) is 29.5. The second kappa shape index (κ2) is 12.4. The van der Waals surface area contributed by atoms with Crippen molar-refractivity contribution in [2.24, 2.45) is 0 Å². The van der Waals surface area contributed by atoms with E-state index >= 15 is 0 Å². The number of furan rings is 1. The van der Waals surface area contributed by atoms with Gasteiger partial charge in [0.15, 0.2) is 0 Å². The molecule has 0 atom stereocenters. The molecule has 0 saturated heterocycles. The van der Waals surface area contributed by atoms with Gasteiger partial charge in [-0.25, -0.2) is 0 Å². The molecule has 7 aromatic rings. The standard InChI is InChI=1S/C20H16NO.C19H17N2.Ir/c1-13(2)14-10-11-21-18(12-14)17-8-5-7-16-15-6-3-4-9-19(15)22-20(16)17;1-13(2)15-10-11-17-18-16(15)9-6-12-21(18)19(20-17)14-7-4-3-5-8-14;/h3-7,9-13H,1-2H3;3-7,9-11,13H,12H2,1-2H3;/q2*-1;. The van der Waals surface area contributed by atoms with Crippen molar-refractivity contribution in [1.82, 2.24) is 14.5 Å². The van der Waals surface area contributed by atoms with Crippen molar-refractivity contribution in [1.29, 1.82) is 0 Å². The van der Waals surface area contributed by atoms with Gasteiger partial charge in [0.05, 0.1) is 22.4 Å². The topological polar surface area (TPSA) is 43.9 Å². The summed E-state index contributed by atoms with van der Waals surface area (Å²) in [5, 5.41) is 2.24. The number of para-hydroxylation sites is 1. The van der Waals surface area contributed by atoms with Crippen LogP contribution in [-0.4, -0.2) is 14.5 Å². The Balaban J connectivity index is 0.000000153. The van der Waals surface area contributed by atoms with Gasteiger partial charge < -0.3 is 14.0 Å². The second-order valence-electron chi connectivity index (χ2n) is 11.6. The van der Waals surface area contributed by atoms with Crippen LogP contribution in [0.4, 0.5) is 0 Å². The average Bonchev–Trinajstić information content (AvgIpc) is 3.62. The average molecular weight is 752 g/mol. The second-order valence-corrected chi connectivity index (χ2v) is 11.6. The summed E-state index contributed by atoms with van der Waals surface area (Å²) in [6, 6.07) is 35.3. The maximum Gasteiger partial charge on any atom is 0.120 e. The normalized spacial score (nSPS) is 12.1. The Morgan fingerprint density at radius 3 is 2.48 bits per heavy atom. The van der Waals surface area contributed by atoms with Gasteiger partial charge in [0.1, 0.15) is 5.58 Å². The van der Waals surface area contributed by atoms with Crippen LogP contribution in [-0.2, 0) is 26.7 Å². The Hall–Kier alpha value is -4.31. The Morgan fingerprint density at radius 2 is 1.68 bits per heavy atom. The molecule has 1 radical (unpaired) electrons. The summed E-state index contributed by atoms with van der Waals surface area (Å²) in [6.45, 7) is 9.73. The maximum atomic E-state index is 6.07. The first-order chi connectivity index (χ1) is 21.0. The predicted octanol–water partition coefficient (Wildman–Crippen LogP) is 10.2. The van der Waals surface area contributed by atoms with Crippen LogP contribution < -0.4 is 0 Å². The fraction of sp³-hybridized carbons (Fsp3) is 0.179. The van der Waals surface area contributed by atoms with E-state index in [-0.39, 0.29) is 20.1 Å². The molecule has 5 heteroatoms. The minimum Gasteiger partial charge on any atom is -0.501 e. The number of fused-ring (bicyclic) bond motifs is 3. The minimum absolute atomic E-state index is 0. The summed E-state index contributed by atoms with van der Waals surface area (Å²) in [5.74, 6) is 2.00. The zero-order valence-corrected chi connectivity index (χ0v) is 27.7. The van der Waals surface area contributed by atoms with E-state index in [9.17, 15) is 0 Å². The quantitative estimate of drug-likeness (QED) is 0.168. The molecule has 44 heavy (non-hydrogen) atoms. The van der Waals surface area contributed by atoms with Crippen LogP contribution in [0.5, 0.6) is 0 Å². The predicted molar refractivity (Wildman–Crippen MR) is 177 cm³/mol. The molecule has 8 rings (SSSR count). The van der Waals surface area contributed by atoms with Gasteiger partial charge in [-0.2, -0.15) is 0 Å². The van der Waals surface area contributed by atoms with Gasteiger partial charge >= 0.3 is 0 Å². The van der Waals surface area contributed by atoms with Gasteiger partial charge in [0.2, 0.25) is 0 Å². The Bertz CT molecular complexity index is 2120. The van der Waals surface area contributed by atoms with E-state index in [0.717, 1.165) is 56.6 Å². The van der Waals surface area contributed by atoms with E-state index < -0.39 is 0 Å². The Morgan fingerprint density at radius 1 is 0.841 bits per heavy atom. The molecule has 221 valence electrons. The van der Waals surface area contributed by atoms with Gasteiger partial charge in [-0.05, 0) is 41.3 Å². The number of rotatable bonds is 4. The third kappa shape index (κ3) is 5.32. The van der Waals surface area contributed by atoms with Crippen molar-refractivity contribution in [2.45, 2.75) is 46.1 Å². The third-order valence-corrected chi connectivity index (χ3v) is 8.17. The number of imidazole rings is 1. The first-order valence-corrected chi connectivity index (χ1v) is 14.9. The van der Waals surface area contributed by atoms with Crippen molar-refractivity contribution < 1.29 is 24.5 Å². The fourth-order valence-corrected chi connectivity index (χ4v) is 5.96. The van der Waals surface area contributed by atoms with Gasteiger partial charge in [0, 0.05) is 43.8 Å². The maximum absolute atomic E-state index is 6.07. The number of aromatic nitrogens is 3. The number of hydrogen-bond acceptors (Lipinski definition) is 3. The summed E-state index contributed by atoms with van der Waals surface area (Å²) in [6.07, 6.45) is 6.33. The Kier molecular flexibility index (Phi) is 8.35. The molecule has 0 bridgehead atoms. The number of allylic oxidation sites excluding steroid dienone is 1. The first kappa shape index (κ1) is 29.7. The van der Waals surface area contributed by atoms with Crippen LogP contribution in [0.2, 0.25) is 0 Å². The number of benzene rings is 4. The van der Waals surface area contributed by atoms with E-state index in [2.05, 4.69) is 104 Å². The number of pyridine rings is 1. The molecule has 0 amide bonds. The van der Waals surface area contributed by atoms with Crippen molar-refractivity contribution >= 4 is 39.0 Å². The van der Waals surface area contributed by atoms with Gasteiger partial charge in [-0.15, -0.1) is 54.1 Å². The van der Waals surface area contributed by atoms with Gasteiger partial charge in [0.25, 0.3) is 0 Å². The SMILES string of the molecule is CC(C)c1ccc2nc(-c3[c-]cccc3)n3c2c1C=CC3.CC(C)c1ccnc(-c2[c-]ccc3c2oc2ccccc23)c1.[Ir]. The van der Waals surface area contributed by atoms with Crippen molar-refractivity contribution in [3.05, 3.63) is 126 Å². The zero-order valence-electron chi connectivity index (χ0n) is 25.3. The first-order valence-electron chi connectivity index (χ1n) is 14.9. The van der Waals surface area contributed by atoms with E-state index in [0.29, 0.717) is 11.8 Å². The van der Waals surface area contributed by atoms with Crippen LogP contribution in [0.1, 0.15) is 56.2 Å². The molecule has 0 N–H and O–H groups in total. The fourth-order valence-electron chi connectivity index (χ4n) is 5.96. The summed E-state index contributed by atoms with van der Waals surface area (Å²) in [4.78, 5) is 9.37. The molecule has 4 heterocycles. The van der Waals surface area contributed by atoms with Crippen molar-refractivity contribution in [2.75, 3.05) is 0 Å². The number of nitrogens with zero attached hydrogens (tertiary/aromatic N) is 3. The molecule has 1 aliphatic heterocycles. The third-order valence-electron chi connectivity index (χ3n) is 8.17. The van der Waals surface area contributed by atoms with Crippen LogP contribution in [0.25, 0.3) is 61.7 Å². The molecule has 3 aromatic heterocycles. The van der Waals surface area contributed by atoms with E-state index in [4.69, 9.17) is 9.40 Å². The molecule has 0 saturated carbocycles. The summed E-state index contributed by atoms with van der Waals surface area (Å²) in [5.41, 5.74) is 11.0. The molecule has 1 aliphatic rings. The van der Waals surface area contributed by atoms with Gasteiger partial charge in [-0.1, -0.05) is 86.7 Å². The number of hydrogen-bond donors (Lipinski definition) is 0. The van der Waals surface area contributed by atoms with Crippen LogP contribution in [0.3, 0.4) is 0 Å². The van der Waals surface area contributed by atoms with Crippen LogP contribution in [0, 0.1) is 12.1 Å². The van der Waals surface area contributed by atoms with E-state index in [1.54, 1.807) is 0 Å². The molecule has 0 unspecified atom stereocenters. The largest absolute Gasteiger partial charge is 0.501 e. The molecule has 0 spiro atoms. The molecule has 0 aliphatic carbocycles. The summed E-state index contributed by atoms with van der Waals surface area (Å²) in [7, 11) is 0. The molecular formula is C39H33IrN3O-2. The van der Waals surface area contributed by atoms with Crippen LogP contribution >= 0.6 is 0 Å². The van der Waals surface area contributed by atoms with Gasteiger partial charge in [-0.3, -0.25) is 4.98 Å². The molecule has 4 nitrogen and oxygen atoms in total. The van der Waals surface area contributed by atoms with E-state index in [1.807, 2.05) is 48.7 Å². The Labute approximate surface area is 271 Å². The molecular weight excluding hydrogens is 719 g/mol. The summed E-state index contributed by atoms with van der Waals surface area (Å²) >= 11 is 0. The van der Waals surface area contributed by atoms with Crippen molar-refractivity contribution in [3.63, 3.8) is 0 Å². The van der Waals surface area contributed by atoms with Crippen molar-refractivity contribution in [3.8, 4) is 22.6 Å². The monoisotopic (exact) mass is 752 g/mol. The van der Waals surface area contributed by atoms with E-state index in [1.165, 1.54) is 22.2 Å². The minimum atomic E-state index is 0. The smallest absolute Gasteiger partial charge is 0.120 e. The summed E-state index contributed by atoms with van der Waals surface area (Å²) < 4.78 is 8.37.